The highest BCUT2D eigenvalue weighted by Crippen LogP contribution is 2.38. The fourth-order valence-corrected chi connectivity index (χ4v) is 5.93. The number of aryl methyl sites for hydroxylation is 1. The summed E-state index contributed by atoms with van der Waals surface area (Å²) in [5, 5.41) is 11.3. The maximum atomic E-state index is 13.4. The van der Waals surface area contributed by atoms with Gasteiger partial charge in [-0.3, -0.25) is 9.69 Å². The minimum absolute atomic E-state index is 0.110. The van der Waals surface area contributed by atoms with Crippen molar-refractivity contribution < 1.29 is 9.53 Å². The van der Waals surface area contributed by atoms with E-state index in [4.69, 9.17) is 4.74 Å². The molecule has 5 aromatic rings. The molecule has 0 spiro atoms. The Kier molecular flexibility index (Phi) is 6.26. The molecule has 0 saturated carbocycles. The lowest BCUT2D eigenvalue weighted by molar-refractivity contribution is -0.121. The summed E-state index contributed by atoms with van der Waals surface area (Å²) in [6.45, 7) is 5.36. The number of carbonyl (C=O) groups excluding carboxylic acids is 1. The Morgan fingerprint density at radius 3 is 2.63 bits per heavy atom. The van der Waals surface area contributed by atoms with Gasteiger partial charge < -0.3 is 14.2 Å². The van der Waals surface area contributed by atoms with E-state index >= 15 is 0 Å². The Hall–Kier alpha value is -4.93. The van der Waals surface area contributed by atoms with E-state index in [1.165, 1.54) is 0 Å². The van der Waals surface area contributed by atoms with Gasteiger partial charge in [-0.2, -0.15) is 5.26 Å². The van der Waals surface area contributed by atoms with Crippen molar-refractivity contribution in [3.05, 3.63) is 108 Å². The summed E-state index contributed by atoms with van der Waals surface area (Å²) >= 11 is 0. The molecule has 1 aromatic heterocycles. The van der Waals surface area contributed by atoms with E-state index in [-0.39, 0.29) is 5.91 Å². The van der Waals surface area contributed by atoms with Crippen molar-refractivity contribution in [2.45, 2.75) is 19.9 Å². The number of carbonyl (C=O) groups is 1. The van der Waals surface area contributed by atoms with Gasteiger partial charge >= 0.3 is 0 Å². The third kappa shape index (κ3) is 4.73. The Labute approximate surface area is 238 Å². The van der Waals surface area contributed by atoms with Gasteiger partial charge in [0.1, 0.15) is 17.3 Å². The van der Waals surface area contributed by atoms with Gasteiger partial charge in [0.25, 0.3) is 0 Å². The average Bonchev–Trinajstić information content (AvgIpc) is 3.34. The Morgan fingerprint density at radius 2 is 1.80 bits per heavy atom. The van der Waals surface area contributed by atoms with E-state index in [0.717, 1.165) is 69.9 Å². The summed E-state index contributed by atoms with van der Waals surface area (Å²) < 4.78 is 8.90. The minimum Gasteiger partial charge on any atom is -0.457 e. The van der Waals surface area contributed by atoms with Crippen molar-refractivity contribution in [1.82, 2.24) is 14.5 Å². The van der Waals surface area contributed by atoms with E-state index in [0.29, 0.717) is 30.9 Å². The van der Waals surface area contributed by atoms with Gasteiger partial charge in [0, 0.05) is 55.4 Å². The number of ether oxygens (including phenoxy) is 1. The molecule has 1 saturated heterocycles. The van der Waals surface area contributed by atoms with Crippen LogP contribution in [0.3, 0.4) is 0 Å². The van der Waals surface area contributed by atoms with Crippen LogP contribution in [-0.2, 0) is 17.8 Å². The van der Waals surface area contributed by atoms with Gasteiger partial charge in [0.15, 0.2) is 0 Å². The molecule has 3 aliphatic heterocycles. The van der Waals surface area contributed by atoms with Crippen LogP contribution in [0.25, 0.3) is 21.9 Å². The van der Waals surface area contributed by atoms with Crippen LogP contribution in [0.15, 0.2) is 85.1 Å². The topological polar surface area (TPSA) is 74.4 Å². The van der Waals surface area contributed by atoms with Gasteiger partial charge in [-0.05, 0) is 59.8 Å². The van der Waals surface area contributed by atoms with Crippen LogP contribution in [0.2, 0.25) is 0 Å². The number of hydrogen-bond donors (Lipinski definition) is 0. The summed E-state index contributed by atoms with van der Waals surface area (Å²) in [7, 11) is 0. The monoisotopic (exact) mass is 539 g/mol. The predicted molar refractivity (Wildman–Crippen MR) is 159 cm³/mol. The van der Waals surface area contributed by atoms with Crippen molar-refractivity contribution in [2.24, 2.45) is 0 Å². The van der Waals surface area contributed by atoms with Crippen LogP contribution in [0.1, 0.15) is 22.6 Å². The van der Waals surface area contributed by atoms with E-state index in [1.807, 2.05) is 66.6 Å². The first kappa shape index (κ1) is 25.1. The highest BCUT2D eigenvalue weighted by Gasteiger charge is 2.26. The van der Waals surface area contributed by atoms with Gasteiger partial charge in [0.05, 0.1) is 23.9 Å². The molecule has 1 atom stereocenters. The standard InChI is InChI=1S/C34H29N5O2/c1-23-36-20-28-13-14-37-15-16-38(34(40)22-37)32-4-2-3-26-10-11-29(18-31(26)32)41-33-17-25(21-39(23)28)7-12-30(33)27-8-5-24(19-35)6-9-27/h2-12,17-18,20H,13-16,21-22H2,1H3. The number of rotatable bonds is 1. The zero-order valence-electron chi connectivity index (χ0n) is 22.9. The lowest BCUT2D eigenvalue weighted by Crippen LogP contribution is -2.51. The number of aromatic nitrogens is 2. The summed E-state index contributed by atoms with van der Waals surface area (Å²) in [4.78, 5) is 22.2. The van der Waals surface area contributed by atoms with Crippen molar-refractivity contribution >= 4 is 22.4 Å². The number of anilines is 1. The maximum absolute atomic E-state index is 13.4. The summed E-state index contributed by atoms with van der Waals surface area (Å²) in [6.07, 6.45) is 2.77. The van der Waals surface area contributed by atoms with Crippen LogP contribution >= 0.6 is 0 Å². The molecule has 0 aliphatic carbocycles. The first-order valence-electron chi connectivity index (χ1n) is 13.9. The van der Waals surface area contributed by atoms with Crippen molar-refractivity contribution in [3.8, 4) is 28.7 Å². The average molecular weight is 540 g/mol. The molecule has 7 heteroatoms. The molecule has 0 radical (unpaired) electrons. The zero-order chi connectivity index (χ0) is 27.9. The first-order chi connectivity index (χ1) is 20.1. The Morgan fingerprint density at radius 1 is 0.927 bits per heavy atom. The van der Waals surface area contributed by atoms with Crippen LogP contribution in [0.4, 0.5) is 5.69 Å². The van der Waals surface area contributed by atoms with Gasteiger partial charge in [0.2, 0.25) is 5.91 Å². The fraction of sp³-hybridized carbons (Fsp3) is 0.206. The highest BCUT2D eigenvalue weighted by molar-refractivity contribution is 6.05. The highest BCUT2D eigenvalue weighted by atomic mass is 16.5. The van der Waals surface area contributed by atoms with E-state index in [1.54, 1.807) is 0 Å². The molecule has 0 N–H and O–H groups in total. The van der Waals surface area contributed by atoms with Crippen molar-refractivity contribution in [1.29, 1.82) is 5.26 Å². The number of imidazole rings is 1. The maximum Gasteiger partial charge on any atom is 0.241 e. The molecular formula is C34H29N5O2. The molecule has 202 valence electrons. The van der Waals surface area contributed by atoms with E-state index < -0.39 is 0 Å². The second-order valence-electron chi connectivity index (χ2n) is 10.7. The molecule has 41 heavy (non-hydrogen) atoms. The molecule has 4 aromatic carbocycles. The third-order valence-electron chi connectivity index (χ3n) is 8.18. The number of amides is 1. The van der Waals surface area contributed by atoms with E-state index in [9.17, 15) is 10.1 Å². The quantitative estimate of drug-likeness (QED) is 0.264. The largest absolute Gasteiger partial charge is 0.457 e. The van der Waals surface area contributed by atoms with Crippen molar-refractivity contribution in [2.75, 3.05) is 31.1 Å². The van der Waals surface area contributed by atoms with Crippen LogP contribution in [-0.4, -0.2) is 46.5 Å². The smallest absolute Gasteiger partial charge is 0.241 e. The molecule has 6 bridgehead atoms. The number of nitriles is 1. The number of hydrogen-bond acceptors (Lipinski definition) is 5. The molecule has 1 amide bonds. The lowest BCUT2D eigenvalue weighted by Gasteiger charge is -2.35. The van der Waals surface area contributed by atoms with Gasteiger partial charge in [-0.1, -0.05) is 42.5 Å². The molecule has 1 fully saturated rings. The molecule has 1 unspecified atom stereocenters. The summed E-state index contributed by atoms with van der Waals surface area (Å²) in [5.41, 5.74) is 5.70. The lowest BCUT2D eigenvalue weighted by atomic mass is 10.0. The normalized spacial score (nSPS) is 16.7. The van der Waals surface area contributed by atoms with Gasteiger partial charge in [-0.25, -0.2) is 4.98 Å². The third-order valence-corrected chi connectivity index (χ3v) is 8.18. The molecule has 7 nitrogen and oxygen atoms in total. The predicted octanol–water partition coefficient (Wildman–Crippen LogP) is 5.93. The van der Waals surface area contributed by atoms with Crippen LogP contribution < -0.4 is 9.64 Å². The second kappa shape index (κ2) is 10.2. The number of fused-ring (bicyclic) bond motifs is 3. The number of nitrogens with zero attached hydrogens (tertiary/aromatic N) is 5. The zero-order valence-corrected chi connectivity index (χ0v) is 22.9. The molecular weight excluding hydrogens is 510 g/mol. The van der Waals surface area contributed by atoms with E-state index in [2.05, 4.69) is 50.9 Å². The fourth-order valence-electron chi connectivity index (χ4n) is 5.93. The Balaban J connectivity index is 1.38. The van der Waals surface area contributed by atoms with Crippen molar-refractivity contribution in [3.63, 3.8) is 0 Å². The SMILES string of the molecule is Cc1ncc2n1Cc1ccc(-c3ccc(C#N)cc3)c(c1)Oc1ccc3cccc(c3c1)N1CCN(CC2)CC1=O. The second-order valence-corrected chi connectivity index (χ2v) is 10.7. The number of benzene rings is 4. The summed E-state index contributed by atoms with van der Waals surface area (Å²) in [5.74, 6) is 2.50. The molecule has 4 heterocycles. The summed E-state index contributed by atoms with van der Waals surface area (Å²) in [6, 6.07) is 28.3. The Bertz CT molecular complexity index is 1830. The molecule has 8 rings (SSSR count). The number of piperazine rings is 1. The first-order valence-corrected chi connectivity index (χ1v) is 13.9. The van der Waals surface area contributed by atoms with Gasteiger partial charge in [-0.15, -0.1) is 0 Å². The van der Waals surface area contributed by atoms with Crippen LogP contribution in [0.5, 0.6) is 11.5 Å². The minimum atomic E-state index is 0.110. The molecule has 3 aliphatic rings. The van der Waals surface area contributed by atoms with Crippen LogP contribution in [0, 0.1) is 18.3 Å².